The van der Waals surface area contributed by atoms with Gasteiger partial charge in [0.15, 0.2) is 11.5 Å². The van der Waals surface area contributed by atoms with Crippen LogP contribution in [0, 0.1) is 11.7 Å². The van der Waals surface area contributed by atoms with Crippen molar-refractivity contribution in [3.8, 4) is 11.5 Å². The molecular formula is C21H22FNO5S. The first-order chi connectivity index (χ1) is 14.1. The van der Waals surface area contributed by atoms with E-state index in [4.69, 9.17) is 14.2 Å². The average Bonchev–Trinajstić information content (AvgIpc) is 3.19. The predicted octanol–water partition coefficient (Wildman–Crippen LogP) is 3.27. The Labute approximate surface area is 169 Å². The molecule has 2 aromatic carbocycles. The topological polar surface area (TPSA) is 65.1 Å². The Morgan fingerprint density at radius 2 is 1.76 bits per heavy atom. The first kappa shape index (κ1) is 18.8. The van der Waals surface area contributed by atoms with E-state index in [1.54, 1.807) is 6.07 Å². The summed E-state index contributed by atoms with van der Waals surface area (Å²) in [4.78, 5) is -0.277. The molecule has 0 radical (unpaired) electrons. The Balaban J connectivity index is 1.62. The number of rotatable bonds is 3. The number of hydrogen-bond acceptors (Lipinski definition) is 5. The third-order valence-electron chi connectivity index (χ3n) is 6.00. The molecule has 1 atom stereocenters. The van der Waals surface area contributed by atoms with E-state index in [0.717, 1.165) is 24.0 Å². The number of fused-ring (bicyclic) bond motifs is 2. The molecule has 0 bridgehead atoms. The second-order valence-electron chi connectivity index (χ2n) is 7.60. The molecule has 0 aromatic heterocycles. The molecule has 1 saturated heterocycles. The molecule has 0 amide bonds. The van der Waals surface area contributed by atoms with Gasteiger partial charge in [-0.15, -0.1) is 0 Å². The number of sulfonamides is 1. The fourth-order valence-corrected chi connectivity index (χ4v) is 6.32. The van der Waals surface area contributed by atoms with Gasteiger partial charge in [0.05, 0.1) is 6.04 Å². The van der Waals surface area contributed by atoms with E-state index in [2.05, 4.69) is 0 Å². The lowest BCUT2D eigenvalue weighted by molar-refractivity contribution is 0.0397. The van der Waals surface area contributed by atoms with E-state index in [1.807, 2.05) is 12.1 Å². The summed E-state index contributed by atoms with van der Waals surface area (Å²) >= 11 is 0. The third kappa shape index (κ3) is 3.19. The van der Waals surface area contributed by atoms with Crippen LogP contribution in [0.5, 0.6) is 11.5 Å². The molecule has 5 rings (SSSR count). The molecule has 3 heterocycles. The zero-order valence-electron chi connectivity index (χ0n) is 15.8. The number of halogens is 1. The van der Waals surface area contributed by atoms with E-state index in [1.165, 1.54) is 22.5 Å². The fraction of sp³-hybridized carbons (Fsp3) is 0.429. The van der Waals surface area contributed by atoms with Gasteiger partial charge in [-0.05, 0) is 60.6 Å². The molecule has 0 N–H and O–H groups in total. The number of nitrogens with zero attached hydrogens (tertiary/aromatic N) is 1. The van der Waals surface area contributed by atoms with Crippen LogP contribution >= 0.6 is 0 Å². The number of benzene rings is 2. The van der Waals surface area contributed by atoms with Gasteiger partial charge in [0.1, 0.15) is 10.7 Å². The first-order valence-electron chi connectivity index (χ1n) is 9.82. The second-order valence-corrected chi connectivity index (χ2v) is 9.45. The van der Waals surface area contributed by atoms with Gasteiger partial charge in [-0.3, -0.25) is 0 Å². The summed E-state index contributed by atoms with van der Waals surface area (Å²) in [6.07, 6.45) is 2.04. The minimum Gasteiger partial charge on any atom is -0.454 e. The fourth-order valence-electron chi connectivity index (χ4n) is 4.59. The molecule has 6 nitrogen and oxygen atoms in total. The normalized spacial score (nSPS) is 22.4. The van der Waals surface area contributed by atoms with Crippen LogP contribution in [-0.4, -0.2) is 39.3 Å². The maximum atomic E-state index is 14.4. The van der Waals surface area contributed by atoms with Crippen molar-refractivity contribution < 1.29 is 27.0 Å². The highest BCUT2D eigenvalue weighted by Gasteiger charge is 2.42. The quantitative estimate of drug-likeness (QED) is 0.764. The van der Waals surface area contributed by atoms with E-state index in [-0.39, 0.29) is 23.6 Å². The van der Waals surface area contributed by atoms with Crippen molar-refractivity contribution in [2.75, 3.05) is 26.6 Å². The van der Waals surface area contributed by atoms with Crippen LogP contribution in [0.3, 0.4) is 0 Å². The predicted molar refractivity (Wildman–Crippen MR) is 103 cm³/mol. The lowest BCUT2D eigenvalue weighted by Crippen LogP contribution is -2.44. The van der Waals surface area contributed by atoms with Gasteiger partial charge in [0.2, 0.25) is 16.8 Å². The molecular weight excluding hydrogens is 397 g/mol. The highest BCUT2D eigenvalue weighted by atomic mass is 32.2. The monoisotopic (exact) mass is 419 g/mol. The van der Waals surface area contributed by atoms with Crippen LogP contribution in [-0.2, 0) is 21.2 Å². The Morgan fingerprint density at radius 3 is 2.52 bits per heavy atom. The summed E-state index contributed by atoms with van der Waals surface area (Å²) in [7, 11) is -4.00. The molecule has 0 saturated carbocycles. The maximum absolute atomic E-state index is 14.4. The van der Waals surface area contributed by atoms with Crippen molar-refractivity contribution >= 4 is 10.0 Å². The van der Waals surface area contributed by atoms with E-state index < -0.39 is 15.8 Å². The van der Waals surface area contributed by atoms with Crippen LogP contribution in [0.2, 0.25) is 0 Å². The van der Waals surface area contributed by atoms with Gasteiger partial charge in [-0.1, -0.05) is 12.1 Å². The Morgan fingerprint density at radius 1 is 1.03 bits per heavy atom. The van der Waals surface area contributed by atoms with Gasteiger partial charge < -0.3 is 14.2 Å². The van der Waals surface area contributed by atoms with Crippen molar-refractivity contribution in [1.29, 1.82) is 0 Å². The molecule has 0 aliphatic carbocycles. The molecule has 3 aliphatic rings. The lowest BCUT2D eigenvalue weighted by Gasteiger charge is -2.42. The van der Waals surface area contributed by atoms with E-state index in [0.29, 0.717) is 37.7 Å². The van der Waals surface area contributed by atoms with Gasteiger partial charge >= 0.3 is 0 Å². The maximum Gasteiger partial charge on any atom is 0.246 e. The SMILES string of the molecule is O=S(=O)(c1ccccc1F)N1CCc2cc3c(cc2C1C1CCOCC1)OCO3. The van der Waals surface area contributed by atoms with Crippen molar-refractivity contribution in [1.82, 2.24) is 4.31 Å². The summed E-state index contributed by atoms with van der Waals surface area (Å²) in [6.45, 7) is 1.64. The standard InChI is InChI=1S/C21H22FNO5S/c22-17-3-1-2-4-20(17)29(24,25)23-8-5-15-11-18-19(28-13-27-18)12-16(15)21(23)14-6-9-26-10-7-14/h1-4,11-12,14,21H,5-10,13H2. The van der Waals surface area contributed by atoms with Crippen molar-refractivity contribution in [3.05, 3.63) is 53.3 Å². The molecule has 29 heavy (non-hydrogen) atoms. The molecule has 1 fully saturated rings. The molecule has 2 aromatic rings. The number of hydrogen-bond donors (Lipinski definition) is 0. The van der Waals surface area contributed by atoms with Gasteiger partial charge in [0, 0.05) is 19.8 Å². The second kappa shape index (κ2) is 7.27. The lowest BCUT2D eigenvalue weighted by atomic mass is 9.82. The smallest absolute Gasteiger partial charge is 0.246 e. The van der Waals surface area contributed by atoms with Crippen LogP contribution in [0.4, 0.5) is 4.39 Å². The first-order valence-corrected chi connectivity index (χ1v) is 11.3. The molecule has 154 valence electrons. The zero-order chi connectivity index (χ0) is 20.0. The highest BCUT2D eigenvalue weighted by Crippen LogP contribution is 2.46. The summed E-state index contributed by atoms with van der Waals surface area (Å²) < 4.78 is 59.5. The third-order valence-corrected chi connectivity index (χ3v) is 7.91. The summed E-state index contributed by atoms with van der Waals surface area (Å²) in [5.41, 5.74) is 1.98. The minimum absolute atomic E-state index is 0.0877. The minimum atomic E-state index is -4.00. The van der Waals surface area contributed by atoms with Gasteiger partial charge in [-0.25, -0.2) is 12.8 Å². The van der Waals surface area contributed by atoms with Crippen molar-refractivity contribution in [2.24, 2.45) is 5.92 Å². The Hall–Kier alpha value is -2.16. The van der Waals surface area contributed by atoms with Crippen LogP contribution < -0.4 is 9.47 Å². The summed E-state index contributed by atoms with van der Waals surface area (Å²) in [5.74, 6) is 0.685. The Kier molecular flexibility index (Phi) is 4.72. The number of ether oxygens (including phenoxy) is 3. The zero-order valence-corrected chi connectivity index (χ0v) is 16.7. The van der Waals surface area contributed by atoms with Crippen LogP contribution in [0.15, 0.2) is 41.3 Å². The highest BCUT2D eigenvalue weighted by molar-refractivity contribution is 7.89. The van der Waals surface area contributed by atoms with Crippen LogP contribution in [0.25, 0.3) is 0 Å². The molecule has 8 heteroatoms. The Bertz CT molecular complexity index is 1040. The van der Waals surface area contributed by atoms with E-state index >= 15 is 0 Å². The summed E-state index contributed by atoms with van der Waals surface area (Å²) in [6, 6.07) is 9.04. The van der Waals surface area contributed by atoms with Gasteiger partial charge in [-0.2, -0.15) is 4.31 Å². The van der Waals surface area contributed by atoms with E-state index in [9.17, 15) is 12.8 Å². The van der Waals surface area contributed by atoms with Crippen molar-refractivity contribution in [3.63, 3.8) is 0 Å². The molecule has 1 unspecified atom stereocenters. The molecule has 0 spiro atoms. The van der Waals surface area contributed by atoms with Gasteiger partial charge in [0.25, 0.3) is 0 Å². The van der Waals surface area contributed by atoms with Crippen molar-refractivity contribution in [2.45, 2.75) is 30.2 Å². The summed E-state index contributed by atoms with van der Waals surface area (Å²) in [5, 5.41) is 0. The largest absolute Gasteiger partial charge is 0.454 e. The average molecular weight is 419 g/mol. The molecule has 3 aliphatic heterocycles. The van der Waals surface area contributed by atoms with Crippen LogP contribution in [0.1, 0.15) is 30.0 Å².